The monoisotopic (exact) mass is 557 g/mol. The summed E-state index contributed by atoms with van der Waals surface area (Å²) in [5, 5.41) is 10.5. The highest BCUT2D eigenvalue weighted by atomic mass is 79.9. The quantitative estimate of drug-likeness (QED) is 0.412. The lowest BCUT2D eigenvalue weighted by atomic mass is 10.0. The molecule has 0 bridgehead atoms. The van der Waals surface area contributed by atoms with Crippen LogP contribution in [0.1, 0.15) is 60.6 Å². The predicted molar refractivity (Wildman–Crippen MR) is 131 cm³/mol. The van der Waals surface area contributed by atoms with Gasteiger partial charge in [0.1, 0.15) is 5.69 Å². The normalized spacial score (nSPS) is 14.1. The van der Waals surface area contributed by atoms with Crippen molar-refractivity contribution in [1.29, 1.82) is 0 Å². The first-order valence-corrected chi connectivity index (χ1v) is 12.4. The Kier molecular flexibility index (Phi) is 11.7. The summed E-state index contributed by atoms with van der Waals surface area (Å²) in [6, 6.07) is 12.4. The lowest BCUT2D eigenvalue weighted by molar-refractivity contribution is -0.192. The van der Waals surface area contributed by atoms with Gasteiger partial charge in [0.25, 0.3) is 5.91 Å². The number of amides is 1. The zero-order chi connectivity index (χ0) is 25.8. The lowest BCUT2D eigenvalue weighted by Gasteiger charge is -2.34. The van der Waals surface area contributed by atoms with Gasteiger partial charge < -0.3 is 15.3 Å². The summed E-state index contributed by atoms with van der Waals surface area (Å²) < 4.78 is 32.8. The number of carbonyl (C=O) groups is 2. The van der Waals surface area contributed by atoms with E-state index in [2.05, 4.69) is 51.4 Å². The van der Waals surface area contributed by atoms with Crippen LogP contribution in [0.5, 0.6) is 0 Å². The third-order valence-electron chi connectivity index (χ3n) is 5.63. The Morgan fingerprint density at radius 2 is 1.69 bits per heavy atom. The average molecular weight is 558 g/mol. The minimum absolute atomic E-state index is 0.0370. The standard InChI is InChI=1S/C23H30BrN3O.C2HF3O2/c1-2-3-4-5-18-8-11-22(26-16-18)23(28)27(21-12-14-25-15-13-21)17-19-6-9-20(24)10-7-19;3-2(4,5)1(6)7/h6-11,16,21,25H,2-5,12-15,17H2,1H3;(H,6,7). The second-order valence-electron chi connectivity index (χ2n) is 8.35. The maximum atomic E-state index is 13.3. The van der Waals surface area contributed by atoms with Crippen molar-refractivity contribution in [2.45, 2.75) is 64.2 Å². The highest BCUT2D eigenvalue weighted by Gasteiger charge is 2.38. The number of unbranched alkanes of at least 4 members (excludes halogenated alkanes) is 2. The molecule has 1 aliphatic rings. The second-order valence-corrected chi connectivity index (χ2v) is 9.27. The molecule has 0 saturated carbocycles. The number of benzene rings is 1. The molecule has 192 valence electrons. The van der Waals surface area contributed by atoms with Crippen molar-refractivity contribution in [2.24, 2.45) is 0 Å². The van der Waals surface area contributed by atoms with E-state index in [1.807, 2.05) is 29.3 Å². The first-order valence-electron chi connectivity index (χ1n) is 11.6. The summed E-state index contributed by atoms with van der Waals surface area (Å²) in [5.41, 5.74) is 2.91. The van der Waals surface area contributed by atoms with Crippen LogP contribution in [0.4, 0.5) is 13.2 Å². The van der Waals surface area contributed by atoms with Crippen LogP contribution in [0, 0.1) is 0 Å². The molecule has 1 aliphatic heterocycles. The molecule has 0 atom stereocenters. The number of nitrogens with zero attached hydrogens (tertiary/aromatic N) is 2. The number of hydrogen-bond acceptors (Lipinski definition) is 4. The summed E-state index contributed by atoms with van der Waals surface area (Å²) >= 11 is 3.48. The van der Waals surface area contributed by atoms with Crippen LogP contribution in [0.2, 0.25) is 0 Å². The molecule has 0 aliphatic carbocycles. The summed E-state index contributed by atoms with van der Waals surface area (Å²) in [6.45, 7) is 4.74. The SMILES string of the molecule is CCCCCc1ccc(C(=O)N(Cc2ccc(Br)cc2)C2CCNCC2)nc1.O=C(O)C(F)(F)F. The van der Waals surface area contributed by atoms with E-state index < -0.39 is 12.1 Å². The maximum Gasteiger partial charge on any atom is 0.490 e. The first kappa shape index (κ1) is 28.8. The van der Waals surface area contributed by atoms with E-state index in [0.717, 1.165) is 42.4 Å². The van der Waals surface area contributed by atoms with E-state index in [1.54, 1.807) is 0 Å². The van der Waals surface area contributed by atoms with Crippen LogP contribution >= 0.6 is 15.9 Å². The number of carbonyl (C=O) groups excluding carboxylic acids is 1. The fourth-order valence-corrected chi connectivity index (χ4v) is 3.96. The highest BCUT2D eigenvalue weighted by Crippen LogP contribution is 2.20. The van der Waals surface area contributed by atoms with Crippen LogP contribution in [0.15, 0.2) is 47.1 Å². The van der Waals surface area contributed by atoms with Crippen molar-refractivity contribution in [1.82, 2.24) is 15.2 Å². The molecule has 1 saturated heterocycles. The van der Waals surface area contributed by atoms with Crippen molar-refractivity contribution in [3.63, 3.8) is 0 Å². The topological polar surface area (TPSA) is 82.5 Å². The largest absolute Gasteiger partial charge is 0.490 e. The van der Waals surface area contributed by atoms with Crippen LogP contribution in [0.3, 0.4) is 0 Å². The number of nitrogens with one attached hydrogen (secondary N) is 1. The zero-order valence-electron chi connectivity index (χ0n) is 19.7. The Bertz CT molecular complexity index is 932. The molecule has 1 aromatic heterocycles. The van der Waals surface area contributed by atoms with E-state index in [1.165, 1.54) is 24.8 Å². The predicted octanol–water partition coefficient (Wildman–Crippen LogP) is 5.60. The number of pyridine rings is 1. The van der Waals surface area contributed by atoms with E-state index >= 15 is 0 Å². The molecule has 6 nitrogen and oxygen atoms in total. The van der Waals surface area contributed by atoms with Gasteiger partial charge in [-0.05, 0) is 68.1 Å². The minimum atomic E-state index is -5.08. The number of aryl methyl sites for hydroxylation is 1. The number of rotatable bonds is 8. The molecular formula is C25H31BrF3N3O3. The summed E-state index contributed by atoms with van der Waals surface area (Å²) in [7, 11) is 0. The van der Waals surface area contributed by atoms with Gasteiger partial charge in [0.2, 0.25) is 0 Å². The van der Waals surface area contributed by atoms with E-state index in [0.29, 0.717) is 12.2 Å². The third kappa shape index (κ3) is 9.97. The Morgan fingerprint density at radius 3 is 2.20 bits per heavy atom. The third-order valence-corrected chi connectivity index (χ3v) is 6.16. The minimum Gasteiger partial charge on any atom is -0.475 e. The number of aliphatic carboxylic acids is 1. The van der Waals surface area contributed by atoms with Crippen molar-refractivity contribution in [3.05, 3.63) is 63.9 Å². The van der Waals surface area contributed by atoms with Crippen molar-refractivity contribution >= 4 is 27.8 Å². The molecule has 1 fully saturated rings. The molecule has 0 radical (unpaired) electrons. The molecule has 35 heavy (non-hydrogen) atoms. The fraction of sp³-hybridized carbons (Fsp3) is 0.480. The Morgan fingerprint density at radius 1 is 1.09 bits per heavy atom. The zero-order valence-corrected chi connectivity index (χ0v) is 21.2. The van der Waals surface area contributed by atoms with Crippen LogP contribution in [-0.2, 0) is 17.8 Å². The lowest BCUT2D eigenvalue weighted by Crippen LogP contribution is -2.46. The summed E-state index contributed by atoms with van der Waals surface area (Å²) in [4.78, 5) is 28.7. The van der Waals surface area contributed by atoms with Crippen LogP contribution in [0.25, 0.3) is 0 Å². The second kappa shape index (κ2) is 14.2. The van der Waals surface area contributed by atoms with Gasteiger partial charge >= 0.3 is 12.1 Å². The first-order chi connectivity index (χ1) is 16.6. The van der Waals surface area contributed by atoms with Crippen LogP contribution < -0.4 is 5.32 Å². The molecule has 0 spiro atoms. The van der Waals surface area contributed by atoms with Gasteiger partial charge in [-0.1, -0.05) is 53.9 Å². The summed E-state index contributed by atoms with van der Waals surface area (Å²) in [6.07, 6.45) is 3.42. The number of carboxylic acid groups (broad SMARTS) is 1. The van der Waals surface area contributed by atoms with Crippen molar-refractivity contribution in [3.8, 4) is 0 Å². The molecule has 10 heteroatoms. The molecule has 2 aromatic rings. The van der Waals surface area contributed by atoms with Crippen molar-refractivity contribution in [2.75, 3.05) is 13.1 Å². The molecule has 1 aromatic carbocycles. The number of carboxylic acids is 1. The molecule has 0 unspecified atom stereocenters. The number of halogens is 4. The van der Waals surface area contributed by atoms with Gasteiger partial charge in [-0.2, -0.15) is 13.2 Å². The van der Waals surface area contributed by atoms with Gasteiger partial charge in [0.15, 0.2) is 0 Å². The van der Waals surface area contributed by atoms with Gasteiger partial charge in [-0.15, -0.1) is 0 Å². The molecule has 3 rings (SSSR count). The van der Waals surface area contributed by atoms with Gasteiger partial charge in [-0.25, -0.2) is 4.79 Å². The van der Waals surface area contributed by atoms with Gasteiger partial charge in [-0.3, -0.25) is 9.78 Å². The fourth-order valence-electron chi connectivity index (χ4n) is 3.70. The molecule has 2 N–H and O–H groups in total. The van der Waals surface area contributed by atoms with Crippen LogP contribution in [-0.4, -0.2) is 52.2 Å². The Hall–Kier alpha value is -2.46. The highest BCUT2D eigenvalue weighted by molar-refractivity contribution is 9.10. The Balaban J connectivity index is 0.000000540. The average Bonchev–Trinajstić information content (AvgIpc) is 2.84. The number of alkyl halides is 3. The van der Waals surface area contributed by atoms with Gasteiger partial charge in [0.05, 0.1) is 0 Å². The maximum absolute atomic E-state index is 13.3. The smallest absolute Gasteiger partial charge is 0.475 e. The Labute approximate surface area is 212 Å². The number of aromatic nitrogens is 1. The van der Waals surface area contributed by atoms with E-state index in [-0.39, 0.29) is 11.9 Å². The number of piperidine rings is 1. The van der Waals surface area contributed by atoms with Crippen molar-refractivity contribution < 1.29 is 27.9 Å². The number of hydrogen-bond donors (Lipinski definition) is 2. The molecule has 2 heterocycles. The summed E-state index contributed by atoms with van der Waals surface area (Å²) in [5.74, 6) is -2.72. The van der Waals surface area contributed by atoms with Gasteiger partial charge in [0, 0.05) is 23.3 Å². The van der Waals surface area contributed by atoms with E-state index in [4.69, 9.17) is 9.90 Å². The molecule has 1 amide bonds. The van der Waals surface area contributed by atoms with E-state index in [9.17, 15) is 18.0 Å². The molecular weight excluding hydrogens is 527 g/mol.